The Morgan fingerprint density at radius 3 is 2.32 bits per heavy atom. The first kappa shape index (κ1) is 21.5. The average molecular weight is 410 g/mol. The number of likely N-dealkylation sites (N-methyl/N-ethyl adjacent to an activating group) is 1. The fourth-order valence-electron chi connectivity index (χ4n) is 2.45. The third-order valence-electron chi connectivity index (χ3n) is 4.16. The first-order chi connectivity index (χ1) is 13.1. The van der Waals surface area contributed by atoms with Gasteiger partial charge < -0.3 is 9.64 Å². The van der Waals surface area contributed by atoms with E-state index in [9.17, 15) is 22.0 Å². The molecule has 0 saturated heterocycles. The largest absolute Gasteiger partial charge is 0.434 e. The smallest absolute Gasteiger partial charge is 0.387 e. The van der Waals surface area contributed by atoms with Crippen molar-refractivity contribution >= 4 is 22.0 Å². The molecule has 9 heteroatoms. The molecule has 150 valence electrons. The van der Waals surface area contributed by atoms with E-state index in [1.54, 1.807) is 44.3 Å². The lowest BCUT2D eigenvalue weighted by atomic mass is 10.1. The van der Waals surface area contributed by atoms with E-state index in [0.29, 0.717) is 11.1 Å². The fourth-order valence-corrected chi connectivity index (χ4v) is 2.97. The average Bonchev–Trinajstić information content (AvgIpc) is 2.65. The fraction of sp³-hybridized carbons (Fsp3) is 0.211. The quantitative estimate of drug-likeness (QED) is 0.710. The lowest BCUT2D eigenvalue weighted by molar-refractivity contribution is -0.126. The van der Waals surface area contributed by atoms with Crippen molar-refractivity contribution in [1.82, 2.24) is 4.90 Å². The number of ether oxygens (including phenoxy) is 1. The SMILES string of the molecule is CC(c1ccc(S(N)(=O)=O)cc1)N(C)C(=O)/C=C/c1ccccc1OC(F)F. The Balaban J connectivity index is 2.13. The van der Waals surface area contributed by atoms with E-state index in [2.05, 4.69) is 4.74 Å². The summed E-state index contributed by atoms with van der Waals surface area (Å²) in [5.41, 5.74) is 1.05. The van der Waals surface area contributed by atoms with Gasteiger partial charge in [-0.3, -0.25) is 4.79 Å². The number of hydrogen-bond donors (Lipinski definition) is 1. The Bertz CT molecular complexity index is 960. The lowest BCUT2D eigenvalue weighted by Crippen LogP contribution is -2.28. The number of nitrogens with zero attached hydrogens (tertiary/aromatic N) is 1. The minimum Gasteiger partial charge on any atom is -0.434 e. The molecule has 6 nitrogen and oxygen atoms in total. The minimum absolute atomic E-state index is 0.0204. The second-order valence-electron chi connectivity index (χ2n) is 5.99. The summed E-state index contributed by atoms with van der Waals surface area (Å²) in [6.07, 6.45) is 2.65. The van der Waals surface area contributed by atoms with Crippen LogP contribution in [-0.2, 0) is 14.8 Å². The van der Waals surface area contributed by atoms with E-state index >= 15 is 0 Å². The van der Waals surface area contributed by atoms with Crippen LogP contribution in [0.5, 0.6) is 5.75 Å². The van der Waals surface area contributed by atoms with Crippen LogP contribution in [-0.4, -0.2) is 32.9 Å². The molecule has 2 N–H and O–H groups in total. The van der Waals surface area contributed by atoms with E-state index in [-0.39, 0.29) is 22.6 Å². The van der Waals surface area contributed by atoms with E-state index < -0.39 is 16.6 Å². The molecule has 28 heavy (non-hydrogen) atoms. The highest BCUT2D eigenvalue weighted by molar-refractivity contribution is 7.89. The molecule has 2 rings (SSSR count). The summed E-state index contributed by atoms with van der Waals surface area (Å²) in [5, 5.41) is 5.07. The molecule has 0 aromatic heterocycles. The number of carbonyl (C=O) groups is 1. The highest BCUT2D eigenvalue weighted by Crippen LogP contribution is 2.23. The number of halogens is 2. The number of sulfonamides is 1. The van der Waals surface area contributed by atoms with Gasteiger partial charge in [-0.15, -0.1) is 0 Å². The van der Waals surface area contributed by atoms with Crippen molar-refractivity contribution in [3.63, 3.8) is 0 Å². The Labute approximate surface area is 162 Å². The second-order valence-corrected chi connectivity index (χ2v) is 7.55. The maximum Gasteiger partial charge on any atom is 0.387 e. The molecule has 2 aromatic rings. The van der Waals surface area contributed by atoms with E-state index in [1.807, 2.05) is 0 Å². The van der Waals surface area contributed by atoms with Crippen LogP contribution in [0.1, 0.15) is 24.1 Å². The van der Waals surface area contributed by atoms with Gasteiger partial charge in [0.05, 0.1) is 10.9 Å². The van der Waals surface area contributed by atoms with Crippen LogP contribution < -0.4 is 9.88 Å². The number of rotatable bonds is 7. The number of benzene rings is 2. The molecule has 0 radical (unpaired) electrons. The number of hydrogen-bond acceptors (Lipinski definition) is 4. The van der Waals surface area contributed by atoms with Gasteiger partial charge in [-0.25, -0.2) is 13.6 Å². The normalized spacial score (nSPS) is 12.9. The Morgan fingerprint density at radius 2 is 1.75 bits per heavy atom. The molecule has 0 fully saturated rings. The molecule has 1 amide bonds. The van der Waals surface area contributed by atoms with Crippen molar-refractivity contribution in [3.8, 4) is 5.75 Å². The van der Waals surface area contributed by atoms with Crippen molar-refractivity contribution in [2.24, 2.45) is 5.14 Å². The molecule has 0 aliphatic rings. The molecular weight excluding hydrogens is 390 g/mol. The predicted molar refractivity (Wildman–Crippen MR) is 101 cm³/mol. The van der Waals surface area contributed by atoms with Gasteiger partial charge in [0.25, 0.3) is 0 Å². The van der Waals surface area contributed by atoms with Crippen LogP contribution in [0.2, 0.25) is 0 Å². The molecule has 1 unspecified atom stereocenters. The van der Waals surface area contributed by atoms with Crippen molar-refractivity contribution in [1.29, 1.82) is 0 Å². The van der Waals surface area contributed by atoms with Gasteiger partial charge in [0, 0.05) is 18.7 Å². The van der Waals surface area contributed by atoms with Crippen molar-refractivity contribution in [2.75, 3.05) is 7.05 Å². The molecule has 0 spiro atoms. The summed E-state index contributed by atoms with van der Waals surface area (Å²) in [6, 6.07) is 11.7. The topological polar surface area (TPSA) is 89.7 Å². The van der Waals surface area contributed by atoms with Gasteiger partial charge in [-0.1, -0.05) is 30.3 Å². The van der Waals surface area contributed by atoms with Crippen LogP contribution in [0.4, 0.5) is 8.78 Å². The highest BCUT2D eigenvalue weighted by atomic mass is 32.2. The number of nitrogens with two attached hydrogens (primary N) is 1. The molecule has 0 aliphatic heterocycles. The molecule has 1 atom stereocenters. The third-order valence-corrected chi connectivity index (χ3v) is 5.09. The number of carbonyl (C=O) groups excluding carboxylic acids is 1. The van der Waals surface area contributed by atoms with Crippen molar-refractivity contribution in [2.45, 2.75) is 24.5 Å². The first-order valence-corrected chi connectivity index (χ1v) is 9.75. The van der Waals surface area contributed by atoms with Crippen LogP contribution >= 0.6 is 0 Å². The van der Waals surface area contributed by atoms with E-state index in [0.717, 1.165) is 0 Å². The second kappa shape index (κ2) is 8.94. The summed E-state index contributed by atoms with van der Waals surface area (Å²) in [5.74, 6) is -0.397. The van der Waals surface area contributed by atoms with Gasteiger partial charge in [-0.05, 0) is 36.8 Å². The summed E-state index contributed by atoms with van der Waals surface area (Å²) in [4.78, 5) is 13.8. The molecule has 0 heterocycles. The summed E-state index contributed by atoms with van der Waals surface area (Å²) < 4.78 is 52.0. The van der Waals surface area contributed by atoms with Gasteiger partial charge >= 0.3 is 6.61 Å². The zero-order valence-electron chi connectivity index (χ0n) is 15.2. The summed E-state index contributed by atoms with van der Waals surface area (Å²) >= 11 is 0. The van der Waals surface area contributed by atoms with Crippen LogP contribution in [0.3, 0.4) is 0 Å². The molecular formula is C19H20F2N2O4S. The van der Waals surface area contributed by atoms with Gasteiger partial charge in [0.1, 0.15) is 5.75 Å². The molecule has 0 saturated carbocycles. The predicted octanol–water partition coefficient (Wildman–Crippen LogP) is 3.17. The lowest BCUT2D eigenvalue weighted by Gasteiger charge is -2.24. The third kappa shape index (κ3) is 5.61. The summed E-state index contributed by atoms with van der Waals surface area (Å²) in [7, 11) is -2.22. The zero-order valence-corrected chi connectivity index (χ0v) is 16.1. The number of primary sulfonamides is 1. The van der Waals surface area contributed by atoms with Crippen molar-refractivity contribution < 1.29 is 26.7 Å². The number of para-hydroxylation sites is 1. The standard InChI is InChI=1S/C19H20F2N2O4S/c1-13(14-7-10-16(11-8-14)28(22,25)26)23(2)18(24)12-9-15-5-3-4-6-17(15)27-19(20)21/h3-13,19H,1-2H3,(H2,22,25,26)/b12-9+. The number of amides is 1. The Hall–Kier alpha value is -2.78. The molecule has 0 bridgehead atoms. The first-order valence-electron chi connectivity index (χ1n) is 8.21. The van der Waals surface area contributed by atoms with Crippen LogP contribution in [0, 0.1) is 0 Å². The van der Waals surface area contributed by atoms with Gasteiger partial charge in [0.15, 0.2) is 0 Å². The minimum atomic E-state index is -3.79. The monoisotopic (exact) mass is 410 g/mol. The Morgan fingerprint density at radius 1 is 1.14 bits per heavy atom. The zero-order chi connectivity index (χ0) is 20.9. The van der Waals surface area contributed by atoms with Crippen LogP contribution in [0.15, 0.2) is 59.5 Å². The van der Waals surface area contributed by atoms with E-state index in [4.69, 9.17) is 5.14 Å². The molecule has 2 aromatic carbocycles. The van der Waals surface area contributed by atoms with Gasteiger partial charge in [-0.2, -0.15) is 8.78 Å². The maximum absolute atomic E-state index is 12.5. The Kier molecular flexibility index (Phi) is 6.87. The van der Waals surface area contributed by atoms with E-state index in [1.165, 1.54) is 35.3 Å². The molecule has 0 aliphatic carbocycles. The van der Waals surface area contributed by atoms with Gasteiger partial charge in [0.2, 0.25) is 15.9 Å². The van der Waals surface area contributed by atoms with Crippen molar-refractivity contribution in [3.05, 3.63) is 65.7 Å². The maximum atomic E-state index is 12.5. The summed E-state index contributed by atoms with van der Waals surface area (Å²) in [6.45, 7) is -1.20. The van der Waals surface area contributed by atoms with Crippen LogP contribution in [0.25, 0.3) is 6.08 Å². The number of alkyl halides is 2. The highest BCUT2D eigenvalue weighted by Gasteiger charge is 2.17.